The maximum absolute atomic E-state index is 5.70. The van der Waals surface area contributed by atoms with Crippen molar-refractivity contribution in [3.63, 3.8) is 0 Å². The highest BCUT2D eigenvalue weighted by Crippen LogP contribution is 2.46. The van der Waals surface area contributed by atoms with Crippen LogP contribution in [0.15, 0.2) is 30.3 Å². The molecule has 1 fully saturated rings. The van der Waals surface area contributed by atoms with Crippen LogP contribution in [0.3, 0.4) is 0 Å². The third kappa shape index (κ3) is 2.13. The Kier molecular flexibility index (Phi) is 3.31. The topological polar surface area (TPSA) is 29.3 Å². The van der Waals surface area contributed by atoms with Crippen LogP contribution in [0.5, 0.6) is 0 Å². The molecule has 1 atom stereocenters. The van der Waals surface area contributed by atoms with Crippen LogP contribution >= 0.6 is 0 Å². The first-order valence-electron chi connectivity index (χ1n) is 6.14. The number of rotatable bonds is 3. The molecular weight excluding hydrogens is 196 g/mol. The molecule has 0 bridgehead atoms. The second-order valence-electron chi connectivity index (χ2n) is 5.38. The number of nitrogens with two attached hydrogens (primary N) is 1. The fourth-order valence-electron chi connectivity index (χ4n) is 2.90. The van der Waals surface area contributed by atoms with E-state index in [-0.39, 0.29) is 0 Å². The lowest BCUT2D eigenvalue weighted by Crippen LogP contribution is -2.32. The van der Waals surface area contributed by atoms with Gasteiger partial charge in [0.2, 0.25) is 0 Å². The Labute approximate surface area is 98.4 Å². The number of hydrogen-bond acceptors (Lipinski definition) is 2. The molecule has 0 radical (unpaired) electrons. The number of hydrogen-bond donors (Lipinski definition) is 1. The van der Waals surface area contributed by atoms with Crippen LogP contribution in [-0.2, 0) is 0 Å². The molecular formula is C14H22N2. The average Bonchev–Trinajstić information content (AvgIpc) is 2.56. The molecule has 0 aromatic heterocycles. The summed E-state index contributed by atoms with van der Waals surface area (Å²) in [6, 6.07) is 11.3. The Morgan fingerprint density at radius 2 is 2.00 bits per heavy atom. The van der Waals surface area contributed by atoms with E-state index in [2.05, 4.69) is 49.1 Å². The van der Waals surface area contributed by atoms with Crippen LogP contribution < -0.4 is 5.73 Å². The van der Waals surface area contributed by atoms with E-state index in [9.17, 15) is 0 Å². The van der Waals surface area contributed by atoms with Crippen molar-refractivity contribution in [2.24, 2.45) is 11.1 Å². The zero-order valence-corrected chi connectivity index (χ0v) is 10.3. The predicted molar refractivity (Wildman–Crippen MR) is 68.2 cm³/mol. The quantitative estimate of drug-likeness (QED) is 0.844. The van der Waals surface area contributed by atoms with Gasteiger partial charge in [0.1, 0.15) is 0 Å². The van der Waals surface area contributed by atoms with Gasteiger partial charge in [0, 0.05) is 19.1 Å². The van der Waals surface area contributed by atoms with Crippen LogP contribution in [0.25, 0.3) is 0 Å². The second kappa shape index (κ2) is 4.56. The standard InChI is InChI=1S/C14H22N2/c1-14(2)8-10-16(11-9-15)13(14)12-6-4-3-5-7-12/h3-7,13H,8-11,15H2,1-2H3/t13-/m1/s1. The summed E-state index contributed by atoms with van der Waals surface area (Å²) in [5.74, 6) is 0. The minimum atomic E-state index is 0.358. The van der Waals surface area contributed by atoms with Gasteiger partial charge in [0.15, 0.2) is 0 Å². The van der Waals surface area contributed by atoms with Crippen LogP contribution in [0.4, 0.5) is 0 Å². The highest BCUT2D eigenvalue weighted by atomic mass is 15.2. The molecule has 2 rings (SSSR count). The molecule has 1 aliphatic rings. The second-order valence-corrected chi connectivity index (χ2v) is 5.38. The summed E-state index contributed by atoms with van der Waals surface area (Å²) >= 11 is 0. The molecule has 2 N–H and O–H groups in total. The first-order chi connectivity index (χ1) is 7.65. The fourth-order valence-corrected chi connectivity index (χ4v) is 2.90. The van der Waals surface area contributed by atoms with Gasteiger partial charge in [-0.05, 0) is 23.9 Å². The smallest absolute Gasteiger partial charge is 0.0400 e. The summed E-state index contributed by atoms with van der Waals surface area (Å²) in [5, 5.41) is 0. The van der Waals surface area contributed by atoms with Crippen molar-refractivity contribution in [1.82, 2.24) is 4.90 Å². The zero-order valence-electron chi connectivity index (χ0n) is 10.3. The molecule has 1 aromatic rings. The highest BCUT2D eigenvalue weighted by molar-refractivity contribution is 5.22. The minimum Gasteiger partial charge on any atom is -0.329 e. The highest BCUT2D eigenvalue weighted by Gasteiger charge is 2.40. The lowest BCUT2D eigenvalue weighted by Gasteiger charge is -2.33. The lowest BCUT2D eigenvalue weighted by molar-refractivity contribution is 0.187. The van der Waals surface area contributed by atoms with Crippen LogP contribution in [0, 0.1) is 5.41 Å². The van der Waals surface area contributed by atoms with Gasteiger partial charge in [-0.15, -0.1) is 0 Å². The van der Waals surface area contributed by atoms with Crippen molar-refractivity contribution in [1.29, 1.82) is 0 Å². The molecule has 0 amide bonds. The van der Waals surface area contributed by atoms with E-state index in [1.807, 2.05) is 0 Å². The van der Waals surface area contributed by atoms with Gasteiger partial charge < -0.3 is 5.73 Å². The molecule has 16 heavy (non-hydrogen) atoms. The molecule has 0 saturated carbocycles. The molecule has 1 aromatic carbocycles. The van der Waals surface area contributed by atoms with Gasteiger partial charge >= 0.3 is 0 Å². The first kappa shape index (κ1) is 11.6. The predicted octanol–water partition coefficient (Wildman–Crippen LogP) is 2.42. The zero-order chi connectivity index (χ0) is 11.6. The summed E-state index contributed by atoms with van der Waals surface area (Å²) in [6.07, 6.45) is 1.26. The fraction of sp³-hybridized carbons (Fsp3) is 0.571. The van der Waals surface area contributed by atoms with Crippen LogP contribution in [0.2, 0.25) is 0 Å². The van der Waals surface area contributed by atoms with Gasteiger partial charge in [0.05, 0.1) is 0 Å². The van der Waals surface area contributed by atoms with Crippen molar-refractivity contribution in [3.8, 4) is 0 Å². The Bertz CT molecular complexity index is 332. The van der Waals surface area contributed by atoms with Gasteiger partial charge in [-0.3, -0.25) is 4.90 Å². The van der Waals surface area contributed by atoms with Gasteiger partial charge in [0.25, 0.3) is 0 Å². The normalized spacial score (nSPS) is 24.8. The number of benzene rings is 1. The van der Waals surface area contributed by atoms with Gasteiger partial charge in [-0.25, -0.2) is 0 Å². The number of likely N-dealkylation sites (tertiary alicyclic amines) is 1. The third-order valence-corrected chi connectivity index (χ3v) is 3.68. The summed E-state index contributed by atoms with van der Waals surface area (Å²) in [4.78, 5) is 2.52. The summed E-state index contributed by atoms with van der Waals surface area (Å²) < 4.78 is 0. The van der Waals surface area contributed by atoms with Crippen molar-refractivity contribution >= 4 is 0 Å². The Balaban J connectivity index is 2.27. The maximum Gasteiger partial charge on any atom is 0.0400 e. The minimum absolute atomic E-state index is 0.358. The molecule has 1 aliphatic heterocycles. The Hall–Kier alpha value is -0.860. The maximum atomic E-state index is 5.70. The van der Waals surface area contributed by atoms with Gasteiger partial charge in [-0.2, -0.15) is 0 Å². The molecule has 88 valence electrons. The Morgan fingerprint density at radius 3 is 2.62 bits per heavy atom. The molecule has 0 spiro atoms. The average molecular weight is 218 g/mol. The van der Waals surface area contributed by atoms with E-state index in [4.69, 9.17) is 5.73 Å². The Morgan fingerprint density at radius 1 is 1.31 bits per heavy atom. The molecule has 2 heteroatoms. The SMILES string of the molecule is CC1(C)CCN(CCN)[C@@H]1c1ccccc1. The van der Waals surface area contributed by atoms with E-state index in [0.717, 1.165) is 13.1 Å². The van der Waals surface area contributed by atoms with Crippen molar-refractivity contribution < 1.29 is 0 Å². The van der Waals surface area contributed by atoms with Crippen LogP contribution in [0.1, 0.15) is 31.9 Å². The monoisotopic (exact) mass is 218 g/mol. The van der Waals surface area contributed by atoms with E-state index in [1.54, 1.807) is 0 Å². The third-order valence-electron chi connectivity index (χ3n) is 3.68. The van der Waals surface area contributed by atoms with Crippen molar-refractivity contribution in [2.45, 2.75) is 26.3 Å². The summed E-state index contributed by atoms with van der Waals surface area (Å²) in [5.41, 5.74) is 7.48. The van der Waals surface area contributed by atoms with Crippen molar-refractivity contribution in [2.75, 3.05) is 19.6 Å². The first-order valence-corrected chi connectivity index (χ1v) is 6.14. The van der Waals surface area contributed by atoms with Gasteiger partial charge in [-0.1, -0.05) is 44.2 Å². The van der Waals surface area contributed by atoms with Crippen LogP contribution in [-0.4, -0.2) is 24.5 Å². The van der Waals surface area contributed by atoms with E-state index in [1.165, 1.54) is 18.5 Å². The lowest BCUT2D eigenvalue weighted by atomic mass is 9.81. The molecule has 0 aliphatic carbocycles. The largest absolute Gasteiger partial charge is 0.329 e. The molecule has 1 heterocycles. The summed E-state index contributed by atoms with van der Waals surface area (Å²) in [7, 11) is 0. The van der Waals surface area contributed by atoms with E-state index in [0.29, 0.717) is 11.5 Å². The summed E-state index contributed by atoms with van der Waals surface area (Å²) in [6.45, 7) is 7.65. The van der Waals surface area contributed by atoms with E-state index >= 15 is 0 Å². The number of nitrogens with zero attached hydrogens (tertiary/aromatic N) is 1. The molecule has 1 saturated heterocycles. The molecule has 2 nitrogen and oxygen atoms in total. The molecule has 0 unspecified atom stereocenters. The van der Waals surface area contributed by atoms with Crippen molar-refractivity contribution in [3.05, 3.63) is 35.9 Å². The van der Waals surface area contributed by atoms with E-state index < -0.39 is 0 Å².